The van der Waals surface area contributed by atoms with Crippen molar-refractivity contribution in [2.24, 2.45) is 11.3 Å². The maximum Gasteiger partial charge on any atom is 0.251 e. The Hall–Kier alpha value is -2.82. The number of halogens is 2. The van der Waals surface area contributed by atoms with Gasteiger partial charge in [0.25, 0.3) is 5.91 Å². The van der Waals surface area contributed by atoms with Crippen LogP contribution in [0, 0.1) is 11.3 Å². The summed E-state index contributed by atoms with van der Waals surface area (Å²) in [5, 5.41) is 4.42. The molecule has 194 valence electrons. The second-order valence-corrected chi connectivity index (χ2v) is 11.8. The van der Waals surface area contributed by atoms with Gasteiger partial charge in [-0.15, -0.1) is 0 Å². The second kappa shape index (κ2) is 11.3. The van der Waals surface area contributed by atoms with Gasteiger partial charge < -0.3 is 10.2 Å². The van der Waals surface area contributed by atoms with Crippen LogP contribution in [0.2, 0.25) is 10.0 Å². The van der Waals surface area contributed by atoms with Gasteiger partial charge in [-0.3, -0.25) is 9.59 Å². The average molecular weight is 538 g/mol. The van der Waals surface area contributed by atoms with Crippen molar-refractivity contribution in [3.63, 3.8) is 0 Å². The van der Waals surface area contributed by atoms with Gasteiger partial charge in [0.1, 0.15) is 6.04 Å². The molecule has 0 saturated carbocycles. The molecule has 4 rings (SSSR count). The van der Waals surface area contributed by atoms with E-state index in [0.717, 1.165) is 22.6 Å². The fourth-order valence-corrected chi connectivity index (χ4v) is 5.53. The summed E-state index contributed by atoms with van der Waals surface area (Å²) in [6.45, 7) is 9.63. The summed E-state index contributed by atoms with van der Waals surface area (Å²) in [5.41, 5.74) is 3.55. The third kappa shape index (κ3) is 6.37. The highest BCUT2D eigenvalue weighted by Crippen LogP contribution is 2.42. The number of piperidine rings is 1. The molecule has 2 atom stereocenters. The minimum atomic E-state index is -0.602. The van der Waals surface area contributed by atoms with Crippen LogP contribution in [-0.2, 0) is 4.79 Å². The Morgan fingerprint density at radius 1 is 0.919 bits per heavy atom. The van der Waals surface area contributed by atoms with Gasteiger partial charge in [0, 0.05) is 28.7 Å². The quantitative estimate of drug-likeness (QED) is 0.355. The van der Waals surface area contributed by atoms with E-state index in [-0.39, 0.29) is 23.1 Å². The van der Waals surface area contributed by atoms with Gasteiger partial charge in [0.15, 0.2) is 0 Å². The van der Waals surface area contributed by atoms with Crippen LogP contribution in [0.15, 0.2) is 72.8 Å². The number of nitrogens with one attached hydrogen (secondary N) is 1. The SMILES string of the molecule is CC(C)[C@@H](NC(=O)c1cccc(-c2ccc(Cl)cc2)c1)C(=O)N1CC[C@H](c2ccc(Cl)cc2)C(C)(C)C1. The zero-order chi connectivity index (χ0) is 26.7. The maximum atomic E-state index is 13.7. The molecule has 3 aromatic rings. The van der Waals surface area contributed by atoms with E-state index in [9.17, 15) is 9.59 Å². The standard InChI is InChI=1S/C31H34Cl2N2O2/c1-20(2)28(34-29(36)24-7-5-6-23(18-24)21-8-12-25(32)13-9-21)30(37)35-17-16-27(31(3,4)19-35)22-10-14-26(33)15-11-22/h5-15,18,20,27-28H,16-17,19H2,1-4H3,(H,34,36)/t27-,28-/m1/s1. The minimum Gasteiger partial charge on any atom is -0.340 e. The molecule has 1 aliphatic heterocycles. The van der Waals surface area contributed by atoms with Crippen molar-refractivity contribution in [3.05, 3.63) is 94.0 Å². The highest BCUT2D eigenvalue weighted by atomic mass is 35.5. The average Bonchev–Trinajstić information content (AvgIpc) is 2.87. The van der Waals surface area contributed by atoms with Crippen LogP contribution in [-0.4, -0.2) is 35.8 Å². The summed E-state index contributed by atoms with van der Waals surface area (Å²) in [7, 11) is 0. The smallest absolute Gasteiger partial charge is 0.251 e. The molecule has 1 aliphatic rings. The van der Waals surface area contributed by atoms with E-state index in [1.165, 1.54) is 5.56 Å². The zero-order valence-electron chi connectivity index (χ0n) is 21.8. The highest BCUT2D eigenvalue weighted by molar-refractivity contribution is 6.30. The molecule has 0 radical (unpaired) electrons. The summed E-state index contributed by atoms with van der Waals surface area (Å²) < 4.78 is 0. The second-order valence-electron chi connectivity index (χ2n) is 10.9. The van der Waals surface area contributed by atoms with Gasteiger partial charge in [-0.25, -0.2) is 0 Å². The van der Waals surface area contributed by atoms with Crippen LogP contribution in [0.1, 0.15) is 56.0 Å². The van der Waals surface area contributed by atoms with Crippen molar-refractivity contribution in [2.75, 3.05) is 13.1 Å². The third-order valence-corrected chi connectivity index (χ3v) is 7.84. The number of rotatable bonds is 6. The van der Waals surface area contributed by atoms with Gasteiger partial charge in [0.05, 0.1) is 0 Å². The number of carbonyl (C=O) groups is 2. The van der Waals surface area contributed by atoms with Crippen LogP contribution in [0.3, 0.4) is 0 Å². The van der Waals surface area contributed by atoms with Crippen LogP contribution in [0.5, 0.6) is 0 Å². The fourth-order valence-electron chi connectivity index (χ4n) is 5.28. The Morgan fingerprint density at radius 2 is 1.54 bits per heavy atom. The molecule has 1 fully saturated rings. The monoisotopic (exact) mass is 536 g/mol. The molecule has 37 heavy (non-hydrogen) atoms. The summed E-state index contributed by atoms with van der Waals surface area (Å²) >= 11 is 12.1. The Kier molecular flexibility index (Phi) is 8.30. The molecule has 0 spiro atoms. The van der Waals surface area contributed by atoms with Crippen molar-refractivity contribution in [1.82, 2.24) is 10.2 Å². The molecular formula is C31H34Cl2N2O2. The largest absolute Gasteiger partial charge is 0.340 e. The van der Waals surface area contributed by atoms with E-state index >= 15 is 0 Å². The third-order valence-electron chi connectivity index (χ3n) is 7.34. The number of hydrogen-bond acceptors (Lipinski definition) is 2. The maximum absolute atomic E-state index is 13.7. The Balaban J connectivity index is 1.47. The van der Waals surface area contributed by atoms with Crippen molar-refractivity contribution >= 4 is 35.0 Å². The van der Waals surface area contributed by atoms with Gasteiger partial charge >= 0.3 is 0 Å². The summed E-state index contributed by atoms with van der Waals surface area (Å²) in [4.78, 5) is 28.9. The lowest BCUT2D eigenvalue weighted by molar-refractivity contribution is -0.137. The number of carbonyl (C=O) groups excluding carboxylic acids is 2. The highest BCUT2D eigenvalue weighted by Gasteiger charge is 2.40. The summed E-state index contributed by atoms with van der Waals surface area (Å²) in [5.74, 6) is 0.00234. The molecule has 0 bridgehead atoms. The molecule has 0 aromatic heterocycles. The van der Waals surface area contributed by atoms with E-state index < -0.39 is 6.04 Å². The molecule has 1 heterocycles. The molecule has 4 nitrogen and oxygen atoms in total. The summed E-state index contributed by atoms with van der Waals surface area (Å²) in [6.07, 6.45) is 0.863. The Morgan fingerprint density at radius 3 is 2.14 bits per heavy atom. The lowest BCUT2D eigenvalue weighted by Crippen LogP contribution is -2.55. The van der Waals surface area contributed by atoms with Gasteiger partial charge in [-0.05, 0) is 76.8 Å². The van der Waals surface area contributed by atoms with E-state index in [4.69, 9.17) is 23.2 Å². The first kappa shape index (κ1) is 27.2. The molecule has 6 heteroatoms. The van der Waals surface area contributed by atoms with Crippen molar-refractivity contribution in [3.8, 4) is 11.1 Å². The van der Waals surface area contributed by atoms with Gasteiger partial charge in [-0.1, -0.05) is 87.3 Å². The van der Waals surface area contributed by atoms with Crippen LogP contribution >= 0.6 is 23.2 Å². The molecule has 2 amide bonds. The Bertz CT molecular complexity index is 1250. The van der Waals surface area contributed by atoms with Crippen molar-refractivity contribution < 1.29 is 9.59 Å². The predicted molar refractivity (Wildman–Crippen MR) is 152 cm³/mol. The van der Waals surface area contributed by atoms with E-state index in [2.05, 4.69) is 31.3 Å². The topological polar surface area (TPSA) is 49.4 Å². The number of benzene rings is 3. The van der Waals surface area contributed by atoms with Crippen molar-refractivity contribution in [1.29, 1.82) is 0 Å². The number of likely N-dealkylation sites (tertiary alicyclic amines) is 1. The Labute approximate surface area is 230 Å². The lowest BCUT2D eigenvalue weighted by atomic mass is 9.70. The molecule has 0 aliphatic carbocycles. The molecular weight excluding hydrogens is 503 g/mol. The van der Waals surface area contributed by atoms with Gasteiger partial charge in [0.2, 0.25) is 5.91 Å². The normalized spacial score (nSPS) is 17.9. The number of amides is 2. The fraction of sp³-hybridized carbons (Fsp3) is 0.355. The van der Waals surface area contributed by atoms with Crippen LogP contribution in [0.4, 0.5) is 0 Å². The van der Waals surface area contributed by atoms with E-state index in [1.54, 1.807) is 6.07 Å². The van der Waals surface area contributed by atoms with Gasteiger partial charge in [-0.2, -0.15) is 0 Å². The first-order valence-corrected chi connectivity index (χ1v) is 13.5. The molecule has 3 aromatic carbocycles. The molecule has 0 unspecified atom stereocenters. The number of hydrogen-bond donors (Lipinski definition) is 1. The van der Waals surface area contributed by atoms with E-state index in [1.807, 2.05) is 73.3 Å². The lowest BCUT2D eigenvalue weighted by Gasteiger charge is -2.45. The first-order chi connectivity index (χ1) is 17.5. The minimum absolute atomic E-state index is 0.0279. The zero-order valence-corrected chi connectivity index (χ0v) is 23.3. The van der Waals surface area contributed by atoms with Crippen LogP contribution < -0.4 is 5.32 Å². The molecule has 1 saturated heterocycles. The number of nitrogens with zero attached hydrogens (tertiary/aromatic N) is 1. The summed E-state index contributed by atoms with van der Waals surface area (Å²) in [6, 6.07) is 22.4. The van der Waals surface area contributed by atoms with Crippen molar-refractivity contribution in [2.45, 2.75) is 46.1 Å². The molecule has 1 N–H and O–H groups in total. The predicted octanol–water partition coefficient (Wildman–Crippen LogP) is 7.46. The first-order valence-electron chi connectivity index (χ1n) is 12.8. The van der Waals surface area contributed by atoms with E-state index in [0.29, 0.717) is 29.6 Å². The van der Waals surface area contributed by atoms with Crippen LogP contribution in [0.25, 0.3) is 11.1 Å².